The predicted octanol–water partition coefficient (Wildman–Crippen LogP) is 2.95. The maximum Gasteiger partial charge on any atom is 0.435 e. The molecule has 4 nitrogen and oxygen atoms in total. The Labute approximate surface area is 119 Å². The van der Waals surface area contributed by atoms with Crippen LogP contribution in [0.2, 0.25) is 0 Å². The first-order valence-corrected chi connectivity index (χ1v) is 6.25. The first-order valence-electron chi connectivity index (χ1n) is 6.25. The molecule has 1 heterocycles. The van der Waals surface area contributed by atoms with Gasteiger partial charge < -0.3 is 10.4 Å². The maximum absolute atomic E-state index is 12.3. The van der Waals surface area contributed by atoms with Gasteiger partial charge in [0.1, 0.15) is 5.82 Å². The van der Waals surface area contributed by atoms with Gasteiger partial charge in [-0.25, -0.2) is 0 Å². The quantitative estimate of drug-likeness (QED) is 0.911. The third-order valence-electron chi connectivity index (χ3n) is 2.86. The van der Waals surface area contributed by atoms with E-state index in [0.717, 1.165) is 17.2 Å². The van der Waals surface area contributed by atoms with Crippen LogP contribution in [0.1, 0.15) is 22.9 Å². The summed E-state index contributed by atoms with van der Waals surface area (Å²) in [7, 11) is 0. The summed E-state index contributed by atoms with van der Waals surface area (Å²) in [4.78, 5) is 0. The fourth-order valence-electron chi connectivity index (χ4n) is 1.77. The number of halogens is 3. The van der Waals surface area contributed by atoms with Crippen LogP contribution in [0.3, 0.4) is 0 Å². The number of nitrogens with one attached hydrogen (secondary N) is 1. The number of aryl methyl sites for hydroxylation is 1. The Morgan fingerprint density at radius 3 is 2.52 bits per heavy atom. The third kappa shape index (κ3) is 4.16. The highest BCUT2D eigenvalue weighted by Crippen LogP contribution is 2.27. The van der Waals surface area contributed by atoms with E-state index >= 15 is 0 Å². The third-order valence-corrected chi connectivity index (χ3v) is 2.86. The van der Waals surface area contributed by atoms with Gasteiger partial charge in [0.05, 0.1) is 6.10 Å². The summed E-state index contributed by atoms with van der Waals surface area (Å²) in [5, 5.41) is 19.3. The number of hydrogen-bond donors (Lipinski definition) is 2. The molecule has 1 unspecified atom stereocenters. The summed E-state index contributed by atoms with van der Waals surface area (Å²) < 4.78 is 37.0. The van der Waals surface area contributed by atoms with Crippen molar-refractivity contribution >= 4 is 5.82 Å². The molecule has 1 aromatic carbocycles. The van der Waals surface area contributed by atoms with Crippen molar-refractivity contribution in [1.29, 1.82) is 0 Å². The van der Waals surface area contributed by atoms with E-state index in [4.69, 9.17) is 0 Å². The maximum atomic E-state index is 12.3. The lowest BCUT2D eigenvalue weighted by Crippen LogP contribution is -2.15. The zero-order chi connectivity index (χ0) is 15.5. The van der Waals surface area contributed by atoms with Gasteiger partial charge in [-0.15, -0.1) is 10.2 Å². The van der Waals surface area contributed by atoms with Gasteiger partial charge in [0.25, 0.3) is 0 Å². The molecule has 112 valence electrons. The second-order valence-electron chi connectivity index (χ2n) is 4.61. The number of rotatable bonds is 4. The van der Waals surface area contributed by atoms with Crippen molar-refractivity contribution in [1.82, 2.24) is 10.2 Å². The molecular weight excluding hydrogens is 283 g/mol. The van der Waals surface area contributed by atoms with Crippen molar-refractivity contribution in [2.75, 3.05) is 11.9 Å². The van der Waals surface area contributed by atoms with Gasteiger partial charge in [0, 0.05) is 6.54 Å². The van der Waals surface area contributed by atoms with Gasteiger partial charge in [-0.1, -0.05) is 29.8 Å². The molecule has 0 amide bonds. The van der Waals surface area contributed by atoms with E-state index < -0.39 is 18.0 Å². The second kappa shape index (κ2) is 6.09. The minimum Gasteiger partial charge on any atom is -0.387 e. The number of aromatic nitrogens is 2. The van der Waals surface area contributed by atoms with Gasteiger partial charge in [0.15, 0.2) is 5.69 Å². The number of hydrogen-bond acceptors (Lipinski definition) is 4. The lowest BCUT2D eigenvalue weighted by Gasteiger charge is -2.13. The van der Waals surface area contributed by atoms with Crippen LogP contribution in [-0.4, -0.2) is 21.8 Å². The Bertz CT molecular complexity index is 599. The summed E-state index contributed by atoms with van der Waals surface area (Å²) in [5.74, 6) is 0.176. The molecule has 0 fully saturated rings. The summed E-state index contributed by atoms with van der Waals surface area (Å²) in [6.45, 7) is 2.04. The lowest BCUT2D eigenvalue weighted by atomic mass is 10.1. The van der Waals surface area contributed by atoms with Gasteiger partial charge in [-0.3, -0.25) is 0 Å². The topological polar surface area (TPSA) is 58.0 Å². The molecule has 2 rings (SSSR count). The molecule has 0 saturated heterocycles. The van der Waals surface area contributed by atoms with Crippen molar-refractivity contribution in [3.05, 3.63) is 53.2 Å². The molecule has 0 spiro atoms. The zero-order valence-corrected chi connectivity index (χ0v) is 11.2. The van der Waals surface area contributed by atoms with Gasteiger partial charge >= 0.3 is 6.18 Å². The highest BCUT2D eigenvalue weighted by atomic mass is 19.4. The minimum atomic E-state index is -4.51. The van der Waals surface area contributed by atoms with Crippen LogP contribution in [0.4, 0.5) is 19.0 Å². The standard InChI is InChI=1S/C14H14F3N3O/c1-9-3-2-4-10(7-9)11(21)8-18-13-6-5-12(19-20-13)14(15,16)17/h2-7,11,21H,8H2,1H3,(H,18,20). The van der Waals surface area contributed by atoms with E-state index in [9.17, 15) is 18.3 Å². The van der Waals surface area contributed by atoms with Crippen LogP contribution in [0.25, 0.3) is 0 Å². The van der Waals surface area contributed by atoms with Crippen LogP contribution >= 0.6 is 0 Å². The highest BCUT2D eigenvalue weighted by Gasteiger charge is 2.32. The Balaban J connectivity index is 1.97. The largest absolute Gasteiger partial charge is 0.435 e. The van der Waals surface area contributed by atoms with Crippen LogP contribution in [0.5, 0.6) is 0 Å². The minimum absolute atomic E-state index is 0.128. The summed E-state index contributed by atoms with van der Waals surface area (Å²) >= 11 is 0. The van der Waals surface area contributed by atoms with E-state index in [2.05, 4.69) is 15.5 Å². The Morgan fingerprint density at radius 1 is 1.19 bits per heavy atom. The smallest absolute Gasteiger partial charge is 0.387 e. The molecule has 1 atom stereocenters. The van der Waals surface area contributed by atoms with E-state index in [-0.39, 0.29) is 12.4 Å². The summed E-state index contributed by atoms with van der Waals surface area (Å²) in [6.07, 6.45) is -5.29. The molecular formula is C14H14F3N3O. The van der Waals surface area contributed by atoms with Crippen molar-refractivity contribution in [3.63, 3.8) is 0 Å². The number of aliphatic hydroxyl groups is 1. The van der Waals surface area contributed by atoms with E-state index in [1.807, 2.05) is 25.1 Å². The normalized spacial score (nSPS) is 13.0. The van der Waals surface area contributed by atoms with Crippen LogP contribution in [0, 0.1) is 6.92 Å². The number of anilines is 1. The zero-order valence-electron chi connectivity index (χ0n) is 11.2. The monoisotopic (exact) mass is 297 g/mol. The van der Waals surface area contributed by atoms with Crippen LogP contribution < -0.4 is 5.32 Å². The Kier molecular flexibility index (Phi) is 4.42. The van der Waals surface area contributed by atoms with Crippen molar-refractivity contribution in [2.45, 2.75) is 19.2 Å². The Morgan fingerprint density at radius 2 is 1.95 bits per heavy atom. The van der Waals surface area contributed by atoms with Crippen molar-refractivity contribution < 1.29 is 18.3 Å². The lowest BCUT2D eigenvalue weighted by molar-refractivity contribution is -0.141. The van der Waals surface area contributed by atoms with E-state index in [1.165, 1.54) is 6.07 Å². The molecule has 0 aliphatic rings. The Hall–Kier alpha value is -2.15. The van der Waals surface area contributed by atoms with E-state index in [0.29, 0.717) is 0 Å². The van der Waals surface area contributed by atoms with Crippen molar-refractivity contribution in [3.8, 4) is 0 Å². The number of alkyl halides is 3. The highest BCUT2D eigenvalue weighted by molar-refractivity contribution is 5.34. The predicted molar refractivity (Wildman–Crippen MR) is 71.7 cm³/mol. The number of benzene rings is 1. The van der Waals surface area contributed by atoms with Crippen LogP contribution in [0.15, 0.2) is 36.4 Å². The van der Waals surface area contributed by atoms with E-state index in [1.54, 1.807) is 6.07 Å². The molecule has 0 bridgehead atoms. The van der Waals surface area contributed by atoms with Gasteiger partial charge in [-0.2, -0.15) is 13.2 Å². The summed E-state index contributed by atoms with van der Waals surface area (Å²) in [6, 6.07) is 9.37. The number of nitrogens with zero attached hydrogens (tertiary/aromatic N) is 2. The fourth-order valence-corrected chi connectivity index (χ4v) is 1.77. The average Bonchev–Trinajstić information content (AvgIpc) is 2.44. The molecule has 21 heavy (non-hydrogen) atoms. The molecule has 0 saturated carbocycles. The van der Waals surface area contributed by atoms with Crippen molar-refractivity contribution in [2.24, 2.45) is 0 Å². The van der Waals surface area contributed by atoms with Crippen LogP contribution in [-0.2, 0) is 6.18 Å². The number of aliphatic hydroxyl groups excluding tert-OH is 1. The first-order chi connectivity index (χ1) is 9.86. The average molecular weight is 297 g/mol. The van der Waals surface area contributed by atoms with Gasteiger partial charge in [-0.05, 0) is 24.6 Å². The summed E-state index contributed by atoms with van der Waals surface area (Å²) in [5.41, 5.74) is 0.690. The molecule has 0 aliphatic carbocycles. The molecule has 0 aliphatic heterocycles. The molecule has 2 aromatic rings. The SMILES string of the molecule is Cc1cccc(C(O)CNc2ccc(C(F)(F)F)nn2)c1. The molecule has 0 radical (unpaired) electrons. The molecule has 1 aromatic heterocycles. The second-order valence-corrected chi connectivity index (χ2v) is 4.61. The first kappa shape index (κ1) is 15.2. The molecule has 7 heteroatoms. The molecule has 2 N–H and O–H groups in total. The van der Waals surface area contributed by atoms with Gasteiger partial charge in [0.2, 0.25) is 0 Å². The fraction of sp³-hybridized carbons (Fsp3) is 0.286.